The zero-order chi connectivity index (χ0) is 13.3. The number of fused-ring (bicyclic) bond motifs is 3. The molecule has 0 spiro atoms. The zero-order valence-corrected chi connectivity index (χ0v) is 10.7. The largest absolute Gasteiger partial charge is 0.363 e. The van der Waals surface area contributed by atoms with Crippen LogP contribution in [0.15, 0.2) is 24.3 Å². The van der Waals surface area contributed by atoms with E-state index in [-0.39, 0.29) is 5.11 Å². The highest BCUT2D eigenvalue weighted by Gasteiger charge is 2.72. The summed E-state index contributed by atoms with van der Waals surface area (Å²) in [5.74, 6) is -0.533. The van der Waals surface area contributed by atoms with Gasteiger partial charge in [0, 0.05) is 25.2 Å². The second kappa shape index (κ2) is 3.09. The number of thiocarbonyl (C=S) groups is 1. The van der Waals surface area contributed by atoms with Gasteiger partial charge in [0.2, 0.25) is 11.5 Å². The zero-order valence-electron chi connectivity index (χ0n) is 9.91. The lowest BCUT2D eigenvalue weighted by Crippen LogP contribution is -2.58. The van der Waals surface area contributed by atoms with E-state index < -0.39 is 17.2 Å². The van der Waals surface area contributed by atoms with E-state index >= 15 is 0 Å². The van der Waals surface area contributed by atoms with Crippen LogP contribution in [-0.4, -0.2) is 50.7 Å². The molecule has 3 rings (SSSR count). The van der Waals surface area contributed by atoms with Gasteiger partial charge in [-0.25, -0.2) is 0 Å². The molecule has 2 atom stereocenters. The van der Waals surface area contributed by atoms with Crippen molar-refractivity contribution in [2.24, 2.45) is 0 Å². The van der Waals surface area contributed by atoms with E-state index in [1.807, 2.05) is 0 Å². The number of aliphatic hydroxyl groups is 2. The van der Waals surface area contributed by atoms with Crippen molar-refractivity contribution in [2.75, 3.05) is 14.1 Å². The third-order valence-corrected chi connectivity index (χ3v) is 4.44. The van der Waals surface area contributed by atoms with Crippen LogP contribution >= 0.6 is 12.2 Å². The number of rotatable bonds is 0. The van der Waals surface area contributed by atoms with E-state index in [2.05, 4.69) is 0 Å². The van der Waals surface area contributed by atoms with Crippen LogP contribution in [0, 0.1) is 0 Å². The number of carbonyl (C=O) groups is 1. The molecule has 0 bridgehead atoms. The molecule has 0 unspecified atom stereocenters. The molecule has 94 valence electrons. The van der Waals surface area contributed by atoms with Gasteiger partial charge in [-0.3, -0.25) is 4.79 Å². The van der Waals surface area contributed by atoms with E-state index in [9.17, 15) is 15.0 Å². The van der Waals surface area contributed by atoms with Crippen molar-refractivity contribution in [1.29, 1.82) is 0 Å². The molecule has 0 radical (unpaired) electrons. The smallest absolute Gasteiger partial charge is 0.258 e. The fourth-order valence-electron chi connectivity index (χ4n) is 2.82. The van der Waals surface area contributed by atoms with Crippen molar-refractivity contribution >= 4 is 23.1 Å². The van der Waals surface area contributed by atoms with E-state index in [4.69, 9.17) is 12.2 Å². The maximum Gasteiger partial charge on any atom is 0.258 e. The molecule has 1 aromatic carbocycles. The van der Waals surface area contributed by atoms with Crippen LogP contribution in [0.1, 0.15) is 15.9 Å². The molecule has 18 heavy (non-hydrogen) atoms. The Labute approximate surface area is 109 Å². The molecule has 1 aliphatic carbocycles. The summed E-state index contributed by atoms with van der Waals surface area (Å²) < 4.78 is 0. The number of benzene rings is 1. The van der Waals surface area contributed by atoms with Crippen molar-refractivity contribution in [2.45, 2.75) is 11.4 Å². The minimum absolute atomic E-state index is 0.225. The van der Waals surface area contributed by atoms with Crippen LogP contribution in [0.3, 0.4) is 0 Å². The van der Waals surface area contributed by atoms with Gasteiger partial charge >= 0.3 is 0 Å². The Morgan fingerprint density at radius 3 is 2.33 bits per heavy atom. The highest BCUT2D eigenvalue weighted by Crippen LogP contribution is 2.51. The predicted octanol–water partition coefficient (Wildman–Crippen LogP) is -0.121. The highest BCUT2D eigenvalue weighted by atomic mass is 32.1. The van der Waals surface area contributed by atoms with Gasteiger partial charge in [0.05, 0.1) is 0 Å². The summed E-state index contributed by atoms with van der Waals surface area (Å²) in [5, 5.41) is 21.8. The minimum Gasteiger partial charge on any atom is -0.363 e. The molecular weight excluding hydrogens is 252 g/mol. The lowest BCUT2D eigenvalue weighted by molar-refractivity contribution is -0.192. The molecule has 1 heterocycles. The summed E-state index contributed by atoms with van der Waals surface area (Å²) in [6.07, 6.45) is 0. The Bertz CT molecular complexity index is 590. The van der Waals surface area contributed by atoms with Crippen molar-refractivity contribution in [1.82, 2.24) is 9.80 Å². The van der Waals surface area contributed by atoms with Gasteiger partial charge in [0.25, 0.3) is 5.72 Å². The van der Waals surface area contributed by atoms with Gasteiger partial charge in [-0.2, -0.15) is 0 Å². The molecule has 0 aromatic heterocycles. The maximum atomic E-state index is 12.4. The van der Waals surface area contributed by atoms with Crippen molar-refractivity contribution < 1.29 is 15.0 Å². The first-order chi connectivity index (χ1) is 8.36. The normalized spacial score (nSPS) is 34.0. The monoisotopic (exact) mass is 264 g/mol. The third kappa shape index (κ3) is 0.890. The number of Topliss-reactive ketones (excluding diaryl/α,β-unsaturated/α-hetero) is 1. The van der Waals surface area contributed by atoms with Gasteiger partial charge in [-0.05, 0) is 12.2 Å². The minimum atomic E-state index is -2.05. The Morgan fingerprint density at radius 2 is 1.67 bits per heavy atom. The molecule has 1 fully saturated rings. The van der Waals surface area contributed by atoms with E-state index in [0.29, 0.717) is 11.1 Å². The van der Waals surface area contributed by atoms with Crippen LogP contribution in [0.5, 0.6) is 0 Å². The number of carbonyl (C=O) groups excluding carboxylic acids is 1. The number of likely N-dealkylation sites (N-methyl/N-ethyl adjacent to an activating group) is 2. The first-order valence-electron chi connectivity index (χ1n) is 5.47. The third-order valence-electron chi connectivity index (χ3n) is 3.89. The topological polar surface area (TPSA) is 64.0 Å². The van der Waals surface area contributed by atoms with Gasteiger partial charge < -0.3 is 20.0 Å². The predicted molar refractivity (Wildman–Crippen MR) is 67.7 cm³/mol. The lowest BCUT2D eigenvalue weighted by Gasteiger charge is -2.35. The van der Waals surface area contributed by atoms with Crippen LogP contribution in [-0.2, 0) is 5.72 Å². The van der Waals surface area contributed by atoms with Crippen LogP contribution in [0.25, 0.3) is 0 Å². The van der Waals surface area contributed by atoms with Crippen LogP contribution < -0.4 is 0 Å². The molecule has 1 aromatic rings. The summed E-state index contributed by atoms with van der Waals surface area (Å²) in [7, 11) is 3.06. The summed E-state index contributed by atoms with van der Waals surface area (Å²) in [4.78, 5) is 15.0. The standard InChI is InChI=1S/C12H12N2O3S/c1-13-10(18)14(2)12(17)9(15)7-5-3-4-6-8(7)11(12,13)16/h3-6,16-17H,1-2H3/t11-,12+/m1/s1. The fourth-order valence-corrected chi connectivity index (χ4v) is 3.09. The summed E-state index contributed by atoms with van der Waals surface area (Å²) >= 11 is 5.12. The van der Waals surface area contributed by atoms with Crippen LogP contribution in [0.2, 0.25) is 0 Å². The van der Waals surface area contributed by atoms with Crippen molar-refractivity contribution in [3.63, 3.8) is 0 Å². The molecular formula is C12H12N2O3S. The average Bonchev–Trinajstić information content (AvgIpc) is 2.65. The maximum absolute atomic E-state index is 12.4. The summed E-state index contributed by atoms with van der Waals surface area (Å²) in [6.45, 7) is 0. The SMILES string of the molecule is CN1C(=S)N(C)[C@@]2(O)c3ccccc3C(=O)[C@@]12O. The second-order valence-corrected chi connectivity index (χ2v) is 4.98. The Kier molecular flexibility index (Phi) is 1.99. The first kappa shape index (κ1) is 11.6. The summed E-state index contributed by atoms with van der Waals surface area (Å²) in [5.41, 5.74) is -3.18. The molecule has 0 amide bonds. The molecule has 2 N–H and O–H groups in total. The fraction of sp³-hybridized carbons (Fsp3) is 0.333. The van der Waals surface area contributed by atoms with Gasteiger partial charge in [-0.15, -0.1) is 0 Å². The first-order valence-corrected chi connectivity index (χ1v) is 5.88. The molecule has 1 saturated heterocycles. The van der Waals surface area contributed by atoms with Gasteiger partial charge in [-0.1, -0.05) is 24.3 Å². The number of hydrogen-bond donors (Lipinski definition) is 2. The highest BCUT2D eigenvalue weighted by molar-refractivity contribution is 7.80. The molecule has 5 nitrogen and oxygen atoms in total. The molecule has 1 aliphatic heterocycles. The molecule has 0 saturated carbocycles. The van der Waals surface area contributed by atoms with E-state index in [1.165, 1.54) is 16.8 Å². The lowest BCUT2D eigenvalue weighted by atomic mass is 9.99. The van der Waals surface area contributed by atoms with Gasteiger partial charge in [0.1, 0.15) is 0 Å². The summed E-state index contributed by atoms with van der Waals surface area (Å²) in [6, 6.07) is 6.63. The average molecular weight is 264 g/mol. The molecule has 6 heteroatoms. The second-order valence-electron chi connectivity index (χ2n) is 4.62. The Morgan fingerprint density at radius 1 is 1.11 bits per heavy atom. The van der Waals surface area contributed by atoms with Crippen molar-refractivity contribution in [3.05, 3.63) is 35.4 Å². The number of ketones is 1. The van der Waals surface area contributed by atoms with Crippen molar-refractivity contribution in [3.8, 4) is 0 Å². The Balaban J connectivity index is 2.38. The number of nitrogens with zero attached hydrogens (tertiary/aromatic N) is 2. The van der Waals surface area contributed by atoms with E-state index in [1.54, 1.807) is 31.3 Å². The van der Waals surface area contributed by atoms with Gasteiger partial charge in [0.15, 0.2) is 5.11 Å². The number of hydrogen-bond acceptors (Lipinski definition) is 4. The van der Waals surface area contributed by atoms with E-state index in [0.717, 1.165) is 0 Å². The Hall–Kier alpha value is -1.50. The van der Waals surface area contributed by atoms with Crippen LogP contribution in [0.4, 0.5) is 0 Å². The quantitative estimate of drug-likeness (QED) is 0.637. The molecule has 2 aliphatic rings.